The molecule has 5 nitrogen and oxygen atoms in total. The maximum Gasteiger partial charge on any atom is 0.257 e. The molecule has 1 amide bonds. The molecule has 1 aromatic heterocycles. The van der Waals surface area contributed by atoms with Crippen molar-refractivity contribution in [2.75, 3.05) is 28.6 Å². The lowest BCUT2D eigenvalue weighted by atomic mass is 10.1. The number of amides is 1. The quantitative estimate of drug-likeness (QED) is 0.625. The van der Waals surface area contributed by atoms with E-state index in [1.165, 1.54) is 18.5 Å². The van der Waals surface area contributed by atoms with E-state index in [4.69, 9.17) is 0 Å². The number of carbonyl (C=O) groups excluding carboxylic acids is 1. The predicted molar refractivity (Wildman–Crippen MR) is 119 cm³/mol. The number of anilines is 4. The highest BCUT2D eigenvalue weighted by Crippen LogP contribution is 2.24. The van der Waals surface area contributed by atoms with Gasteiger partial charge in [0.2, 0.25) is 0 Å². The zero-order valence-corrected chi connectivity index (χ0v) is 16.9. The van der Waals surface area contributed by atoms with E-state index in [1.807, 2.05) is 32.0 Å². The minimum absolute atomic E-state index is 0.171. The van der Waals surface area contributed by atoms with E-state index in [-0.39, 0.29) is 5.91 Å². The molecule has 0 aliphatic carbocycles. The third-order valence-corrected chi connectivity index (χ3v) is 5.11. The highest BCUT2D eigenvalue weighted by Gasteiger charge is 2.12. The molecular formula is C24H26N4O. The van der Waals surface area contributed by atoms with Crippen molar-refractivity contribution >= 4 is 28.7 Å². The summed E-state index contributed by atoms with van der Waals surface area (Å²) in [5.41, 5.74) is 6.56. The van der Waals surface area contributed by atoms with E-state index in [9.17, 15) is 4.79 Å². The minimum atomic E-state index is -0.171. The second-order valence-electron chi connectivity index (χ2n) is 7.66. The van der Waals surface area contributed by atoms with Crippen molar-refractivity contribution < 1.29 is 4.79 Å². The summed E-state index contributed by atoms with van der Waals surface area (Å²) in [4.78, 5) is 19.3. The number of nitrogens with zero attached hydrogens (tertiary/aromatic N) is 2. The third-order valence-electron chi connectivity index (χ3n) is 5.11. The Balaban J connectivity index is 1.44. The van der Waals surface area contributed by atoms with Crippen LogP contribution in [0.1, 0.15) is 34.3 Å². The summed E-state index contributed by atoms with van der Waals surface area (Å²) in [5.74, 6) is -0.171. The first-order valence-corrected chi connectivity index (χ1v) is 10.0. The molecular weight excluding hydrogens is 360 g/mol. The Hall–Kier alpha value is -3.34. The van der Waals surface area contributed by atoms with Gasteiger partial charge in [-0.2, -0.15) is 0 Å². The Bertz CT molecular complexity index is 987. The molecule has 148 valence electrons. The van der Waals surface area contributed by atoms with Gasteiger partial charge < -0.3 is 15.5 Å². The van der Waals surface area contributed by atoms with Crippen molar-refractivity contribution in [2.45, 2.75) is 26.7 Å². The fourth-order valence-electron chi connectivity index (χ4n) is 3.78. The number of benzene rings is 2. The Morgan fingerprint density at radius 1 is 0.862 bits per heavy atom. The van der Waals surface area contributed by atoms with Crippen LogP contribution in [0.25, 0.3) is 0 Å². The lowest BCUT2D eigenvalue weighted by Gasteiger charge is -2.18. The van der Waals surface area contributed by atoms with Gasteiger partial charge in [0.25, 0.3) is 5.91 Å². The van der Waals surface area contributed by atoms with Gasteiger partial charge in [-0.25, -0.2) is 0 Å². The molecule has 0 bridgehead atoms. The van der Waals surface area contributed by atoms with E-state index < -0.39 is 0 Å². The molecule has 5 heteroatoms. The van der Waals surface area contributed by atoms with Crippen LogP contribution in [0, 0.1) is 13.8 Å². The van der Waals surface area contributed by atoms with E-state index >= 15 is 0 Å². The van der Waals surface area contributed by atoms with Crippen LogP contribution < -0.4 is 15.5 Å². The molecule has 0 atom stereocenters. The van der Waals surface area contributed by atoms with E-state index in [0.717, 1.165) is 41.3 Å². The molecule has 4 rings (SSSR count). The molecule has 2 aromatic carbocycles. The molecule has 29 heavy (non-hydrogen) atoms. The first-order valence-electron chi connectivity index (χ1n) is 10.0. The molecule has 1 saturated heterocycles. The van der Waals surface area contributed by atoms with Crippen molar-refractivity contribution in [1.82, 2.24) is 4.98 Å². The SMILES string of the molecule is Cc1cc(C)cc(NC(=O)c2cncc(Nc3ccc(N4CCCC4)cc3)c2)c1. The number of nitrogens with one attached hydrogen (secondary N) is 2. The zero-order valence-electron chi connectivity index (χ0n) is 16.9. The number of aryl methyl sites for hydroxylation is 2. The summed E-state index contributed by atoms with van der Waals surface area (Å²) in [6, 6.07) is 16.2. The lowest BCUT2D eigenvalue weighted by molar-refractivity contribution is 0.102. The topological polar surface area (TPSA) is 57.3 Å². The summed E-state index contributed by atoms with van der Waals surface area (Å²) in [6.45, 7) is 6.30. The van der Waals surface area contributed by atoms with Crippen LogP contribution in [-0.4, -0.2) is 24.0 Å². The number of hydrogen-bond acceptors (Lipinski definition) is 4. The summed E-state index contributed by atoms with van der Waals surface area (Å²) < 4.78 is 0. The molecule has 1 aliphatic rings. The van der Waals surface area contributed by atoms with Crippen molar-refractivity contribution in [3.05, 3.63) is 77.6 Å². The molecule has 1 aliphatic heterocycles. The summed E-state index contributed by atoms with van der Waals surface area (Å²) in [7, 11) is 0. The van der Waals surface area contributed by atoms with Crippen molar-refractivity contribution in [3.8, 4) is 0 Å². The number of hydrogen-bond donors (Lipinski definition) is 2. The highest BCUT2D eigenvalue weighted by molar-refractivity contribution is 6.04. The van der Waals surface area contributed by atoms with Crippen LogP contribution in [0.4, 0.5) is 22.7 Å². The molecule has 3 aromatic rings. The predicted octanol–water partition coefficient (Wildman–Crippen LogP) is 5.29. The molecule has 1 fully saturated rings. The van der Waals surface area contributed by atoms with Gasteiger partial charge in [-0.15, -0.1) is 0 Å². The van der Waals surface area contributed by atoms with Crippen LogP contribution in [-0.2, 0) is 0 Å². The highest BCUT2D eigenvalue weighted by atomic mass is 16.1. The number of carbonyl (C=O) groups is 1. The van der Waals surface area contributed by atoms with Gasteiger partial charge >= 0.3 is 0 Å². The van der Waals surface area contributed by atoms with Crippen LogP contribution >= 0.6 is 0 Å². The lowest BCUT2D eigenvalue weighted by Crippen LogP contribution is -2.17. The molecule has 0 spiro atoms. The summed E-state index contributed by atoms with van der Waals surface area (Å²) in [6.07, 6.45) is 5.84. The van der Waals surface area contributed by atoms with Gasteiger partial charge in [-0.3, -0.25) is 9.78 Å². The molecule has 0 saturated carbocycles. The third kappa shape index (κ3) is 4.74. The average molecular weight is 386 g/mol. The number of rotatable bonds is 5. The van der Waals surface area contributed by atoms with Gasteiger partial charge in [0.15, 0.2) is 0 Å². The fourth-order valence-corrected chi connectivity index (χ4v) is 3.78. The van der Waals surface area contributed by atoms with Crippen LogP contribution in [0.15, 0.2) is 60.9 Å². The van der Waals surface area contributed by atoms with Crippen LogP contribution in [0.3, 0.4) is 0 Å². The second kappa shape index (κ2) is 8.35. The molecule has 2 N–H and O–H groups in total. The van der Waals surface area contributed by atoms with Gasteiger partial charge in [0, 0.05) is 36.3 Å². The van der Waals surface area contributed by atoms with Gasteiger partial charge in [-0.1, -0.05) is 6.07 Å². The summed E-state index contributed by atoms with van der Waals surface area (Å²) >= 11 is 0. The van der Waals surface area contributed by atoms with Crippen molar-refractivity contribution in [2.24, 2.45) is 0 Å². The van der Waals surface area contributed by atoms with Crippen LogP contribution in [0.2, 0.25) is 0 Å². The van der Waals surface area contributed by atoms with Gasteiger partial charge in [0.1, 0.15) is 0 Å². The normalized spacial score (nSPS) is 13.4. The van der Waals surface area contributed by atoms with Crippen LogP contribution in [0.5, 0.6) is 0 Å². The van der Waals surface area contributed by atoms with E-state index in [2.05, 4.69) is 50.8 Å². The largest absolute Gasteiger partial charge is 0.372 e. The maximum atomic E-state index is 12.6. The Kier molecular flexibility index (Phi) is 5.47. The Morgan fingerprint density at radius 3 is 2.24 bits per heavy atom. The van der Waals surface area contributed by atoms with Gasteiger partial charge in [-0.05, 0) is 80.3 Å². The minimum Gasteiger partial charge on any atom is -0.372 e. The average Bonchev–Trinajstić information content (AvgIpc) is 3.23. The molecule has 2 heterocycles. The Morgan fingerprint density at radius 2 is 1.55 bits per heavy atom. The molecule has 0 radical (unpaired) electrons. The van der Waals surface area contributed by atoms with Gasteiger partial charge in [0.05, 0.1) is 17.4 Å². The number of pyridine rings is 1. The first-order chi connectivity index (χ1) is 14.1. The summed E-state index contributed by atoms with van der Waals surface area (Å²) in [5, 5.41) is 6.30. The van der Waals surface area contributed by atoms with E-state index in [0.29, 0.717) is 5.56 Å². The van der Waals surface area contributed by atoms with Crippen molar-refractivity contribution in [1.29, 1.82) is 0 Å². The standard InChI is InChI=1S/C24H26N4O/c1-17-11-18(2)13-21(12-17)27-24(29)19-14-22(16-25-15-19)26-20-5-7-23(8-6-20)28-9-3-4-10-28/h5-8,11-16,26H,3-4,9-10H2,1-2H3,(H,27,29). The monoisotopic (exact) mass is 386 g/mol. The van der Waals surface area contributed by atoms with E-state index in [1.54, 1.807) is 12.4 Å². The second-order valence-corrected chi connectivity index (χ2v) is 7.66. The first kappa shape index (κ1) is 19.0. The Labute approximate surface area is 171 Å². The smallest absolute Gasteiger partial charge is 0.257 e. The molecule has 0 unspecified atom stereocenters. The zero-order chi connectivity index (χ0) is 20.2. The fraction of sp³-hybridized carbons (Fsp3) is 0.250. The maximum absolute atomic E-state index is 12.6. The number of aromatic nitrogens is 1. The van der Waals surface area contributed by atoms with Crippen molar-refractivity contribution in [3.63, 3.8) is 0 Å².